The summed E-state index contributed by atoms with van der Waals surface area (Å²) >= 11 is 0. The maximum atomic E-state index is 12.6. The number of nitrogens with zero attached hydrogens (tertiary/aromatic N) is 1. The number of hydrogen-bond acceptors (Lipinski definition) is 3. The minimum atomic E-state index is -0.700. The normalized spacial score (nSPS) is 29.6. The van der Waals surface area contributed by atoms with Crippen LogP contribution in [0.5, 0.6) is 0 Å². The molecule has 0 aromatic carbocycles. The molecule has 0 aromatic heterocycles. The second kappa shape index (κ2) is 5.57. The van der Waals surface area contributed by atoms with Gasteiger partial charge in [-0.15, -0.1) is 0 Å². The van der Waals surface area contributed by atoms with Crippen LogP contribution in [0.2, 0.25) is 0 Å². The molecule has 2 saturated heterocycles. The molecule has 2 unspecified atom stereocenters. The first-order valence-electron chi connectivity index (χ1n) is 7.16. The van der Waals surface area contributed by atoms with Crippen LogP contribution in [0.1, 0.15) is 46.0 Å². The van der Waals surface area contributed by atoms with Crippen LogP contribution in [-0.2, 0) is 9.53 Å². The number of hydrogen-bond donors (Lipinski definition) is 1. The van der Waals surface area contributed by atoms with Gasteiger partial charge < -0.3 is 15.0 Å². The molecule has 2 fully saturated rings. The van der Waals surface area contributed by atoms with Crippen LogP contribution >= 0.6 is 0 Å². The molecular formula is C14H26N2O2. The van der Waals surface area contributed by atoms with Crippen LogP contribution in [0.3, 0.4) is 0 Å². The lowest BCUT2D eigenvalue weighted by Crippen LogP contribution is -2.57. The Morgan fingerprint density at radius 1 is 1.28 bits per heavy atom. The van der Waals surface area contributed by atoms with Crippen molar-refractivity contribution in [1.82, 2.24) is 10.2 Å². The third kappa shape index (κ3) is 2.69. The van der Waals surface area contributed by atoms with Gasteiger partial charge in [0, 0.05) is 25.7 Å². The Bertz CT molecular complexity index is 298. The molecule has 2 heterocycles. The van der Waals surface area contributed by atoms with E-state index in [1.165, 1.54) is 19.3 Å². The molecule has 4 heteroatoms. The summed E-state index contributed by atoms with van der Waals surface area (Å²) in [5, 5.41) is 3.55. The lowest BCUT2D eigenvalue weighted by molar-refractivity contribution is -0.155. The van der Waals surface area contributed by atoms with Crippen molar-refractivity contribution in [2.45, 2.75) is 63.6 Å². The lowest BCUT2D eigenvalue weighted by Gasteiger charge is -2.42. The summed E-state index contributed by atoms with van der Waals surface area (Å²) in [6.45, 7) is 5.71. The first-order chi connectivity index (χ1) is 8.56. The van der Waals surface area contributed by atoms with Gasteiger partial charge in [0.1, 0.15) is 5.60 Å². The monoisotopic (exact) mass is 254 g/mol. The summed E-state index contributed by atoms with van der Waals surface area (Å²) in [6, 6.07) is 0.852. The van der Waals surface area contributed by atoms with Crippen molar-refractivity contribution in [3.8, 4) is 0 Å². The van der Waals surface area contributed by atoms with E-state index in [2.05, 4.69) is 10.2 Å². The number of nitrogens with one attached hydrogen (secondary N) is 1. The fourth-order valence-electron chi connectivity index (χ4n) is 3.10. The molecule has 2 rings (SSSR count). The highest BCUT2D eigenvalue weighted by molar-refractivity contribution is 5.84. The number of likely N-dealkylation sites (tertiary alicyclic amines) is 1. The van der Waals surface area contributed by atoms with E-state index in [-0.39, 0.29) is 5.91 Å². The Morgan fingerprint density at radius 3 is 2.67 bits per heavy atom. The van der Waals surface area contributed by atoms with E-state index in [0.717, 1.165) is 25.9 Å². The van der Waals surface area contributed by atoms with Crippen molar-refractivity contribution in [3.63, 3.8) is 0 Å². The fraction of sp³-hybridized carbons (Fsp3) is 0.929. The van der Waals surface area contributed by atoms with Crippen molar-refractivity contribution < 1.29 is 9.53 Å². The molecule has 0 radical (unpaired) electrons. The maximum Gasteiger partial charge on any atom is 0.254 e. The van der Waals surface area contributed by atoms with Crippen LogP contribution in [0, 0.1) is 0 Å². The molecule has 0 aliphatic carbocycles. The third-order valence-corrected chi connectivity index (χ3v) is 4.40. The Morgan fingerprint density at radius 2 is 2.06 bits per heavy atom. The Balaban J connectivity index is 2.09. The molecule has 0 spiro atoms. The number of carbonyl (C=O) groups excluding carboxylic acids is 1. The lowest BCUT2D eigenvalue weighted by atomic mass is 9.92. The van der Waals surface area contributed by atoms with Crippen molar-refractivity contribution in [1.29, 1.82) is 0 Å². The van der Waals surface area contributed by atoms with Gasteiger partial charge in [0.15, 0.2) is 0 Å². The summed E-state index contributed by atoms with van der Waals surface area (Å²) < 4.78 is 5.35. The highest BCUT2D eigenvalue weighted by Crippen LogP contribution is 2.27. The molecule has 0 bridgehead atoms. The van der Waals surface area contributed by atoms with E-state index in [1.807, 2.05) is 13.8 Å². The zero-order valence-electron chi connectivity index (χ0n) is 11.9. The molecule has 1 N–H and O–H groups in total. The van der Waals surface area contributed by atoms with Gasteiger partial charge in [-0.2, -0.15) is 0 Å². The van der Waals surface area contributed by atoms with Crippen molar-refractivity contribution >= 4 is 5.91 Å². The number of carbonyl (C=O) groups is 1. The highest BCUT2D eigenvalue weighted by atomic mass is 16.5. The molecule has 1 amide bonds. The largest absolute Gasteiger partial charge is 0.369 e. The van der Waals surface area contributed by atoms with Crippen LogP contribution < -0.4 is 5.32 Å². The van der Waals surface area contributed by atoms with Gasteiger partial charge in [0.25, 0.3) is 5.91 Å². The number of ether oxygens (including phenoxy) is 1. The smallest absolute Gasteiger partial charge is 0.254 e. The average molecular weight is 254 g/mol. The minimum Gasteiger partial charge on any atom is -0.369 e. The van der Waals surface area contributed by atoms with Crippen molar-refractivity contribution in [2.75, 3.05) is 20.2 Å². The SMILES string of the molecule is COC(C)(C)C(=O)N1CCCCC1C1CCCN1. The quantitative estimate of drug-likeness (QED) is 0.831. The topological polar surface area (TPSA) is 41.6 Å². The van der Waals surface area contributed by atoms with Crippen LogP contribution in [0.15, 0.2) is 0 Å². The van der Waals surface area contributed by atoms with Crippen molar-refractivity contribution in [2.24, 2.45) is 0 Å². The average Bonchev–Trinajstić information content (AvgIpc) is 2.91. The van der Waals surface area contributed by atoms with Crippen LogP contribution in [-0.4, -0.2) is 48.7 Å². The Kier molecular flexibility index (Phi) is 4.28. The molecular weight excluding hydrogens is 228 g/mol. The fourth-order valence-corrected chi connectivity index (χ4v) is 3.10. The van der Waals surface area contributed by atoms with Crippen LogP contribution in [0.25, 0.3) is 0 Å². The number of rotatable bonds is 3. The van der Waals surface area contributed by atoms with E-state index in [0.29, 0.717) is 12.1 Å². The van der Waals surface area contributed by atoms with E-state index in [4.69, 9.17) is 4.74 Å². The van der Waals surface area contributed by atoms with Gasteiger partial charge in [0.05, 0.1) is 0 Å². The number of methoxy groups -OCH3 is 1. The predicted octanol–water partition coefficient (Wildman–Crippen LogP) is 1.54. The number of amides is 1. The predicted molar refractivity (Wildman–Crippen MR) is 71.5 cm³/mol. The summed E-state index contributed by atoms with van der Waals surface area (Å²) in [6.07, 6.45) is 5.91. The summed E-state index contributed by atoms with van der Waals surface area (Å²) in [5.41, 5.74) is -0.700. The number of piperidine rings is 1. The molecule has 18 heavy (non-hydrogen) atoms. The van der Waals surface area contributed by atoms with Gasteiger partial charge in [-0.1, -0.05) is 0 Å². The van der Waals surface area contributed by atoms with E-state index >= 15 is 0 Å². The zero-order chi connectivity index (χ0) is 13.2. The van der Waals surface area contributed by atoms with Gasteiger partial charge in [0.2, 0.25) is 0 Å². The van der Waals surface area contributed by atoms with Crippen LogP contribution in [0.4, 0.5) is 0 Å². The third-order valence-electron chi connectivity index (χ3n) is 4.40. The second-order valence-corrected chi connectivity index (χ2v) is 5.98. The zero-order valence-corrected chi connectivity index (χ0v) is 11.9. The van der Waals surface area contributed by atoms with Gasteiger partial charge >= 0.3 is 0 Å². The van der Waals surface area contributed by atoms with Crippen molar-refractivity contribution in [3.05, 3.63) is 0 Å². The second-order valence-electron chi connectivity index (χ2n) is 5.98. The Labute approximate surface area is 110 Å². The van der Waals surface area contributed by atoms with Gasteiger partial charge in [-0.25, -0.2) is 0 Å². The highest BCUT2D eigenvalue weighted by Gasteiger charge is 2.39. The van der Waals surface area contributed by atoms with Gasteiger partial charge in [-0.05, 0) is 52.5 Å². The molecule has 0 aromatic rings. The van der Waals surface area contributed by atoms with E-state index < -0.39 is 5.60 Å². The van der Waals surface area contributed by atoms with E-state index in [1.54, 1.807) is 7.11 Å². The van der Waals surface area contributed by atoms with Gasteiger partial charge in [-0.3, -0.25) is 4.79 Å². The molecule has 2 atom stereocenters. The van der Waals surface area contributed by atoms with E-state index in [9.17, 15) is 4.79 Å². The first kappa shape index (κ1) is 13.8. The Hall–Kier alpha value is -0.610. The summed E-state index contributed by atoms with van der Waals surface area (Å²) in [7, 11) is 1.62. The molecule has 0 saturated carbocycles. The molecule has 2 aliphatic heterocycles. The standard InChI is InChI=1S/C14H26N2O2/c1-14(2,18-3)13(17)16-10-5-4-8-12(16)11-7-6-9-15-11/h11-12,15H,4-10H2,1-3H3. The summed E-state index contributed by atoms with van der Waals surface area (Å²) in [4.78, 5) is 14.7. The molecule has 4 nitrogen and oxygen atoms in total. The minimum absolute atomic E-state index is 0.142. The maximum absolute atomic E-state index is 12.6. The summed E-state index contributed by atoms with van der Waals surface area (Å²) in [5.74, 6) is 0.142. The first-order valence-corrected chi connectivity index (χ1v) is 7.16. The molecule has 104 valence electrons. The molecule has 2 aliphatic rings.